The third-order valence-electron chi connectivity index (χ3n) is 4.33. The number of hydrogen-bond donors (Lipinski definition) is 5. The molecule has 0 unspecified atom stereocenters. The number of carbonyl (C=O) groups is 3. The first kappa shape index (κ1) is 24.1. The topological polar surface area (TPSA) is 146 Å². The molecule has 0 aromatic heterocycles. The van der Waals surface area contributed by atoms with Crippen molar-refractivity contribution in [2.45, 2.75) is 13.1 Å². The summed E-state index contributed by atoms with van der Waals surface area (Å²) in [6.07, 6.45) is 0. The van der Waals surface area contributed by atoms with Crippen LogP contribution < -0.4 is 25.4 Å². The van der Waals surface area contributed by atoms with Crippen LogP contribution >= 0.6 is 0 Å². The van der Waals surface area contributed by atoms with Gasteiger partial charge in [-0.25, -0.2) is 0 Å². The Morgan fingerprint density at radius 2 is 1.53 bits per heavy atom. The van der Waals surface area contributed by atoms with Crippen molar-refractivity contribution in [2.75, 3.05) is 20.8 Å². The second-order valence-corrected chi connectivity index (χ2v) is 6.50. The summed E-state index contributed by atoms with van der Waals surface area (Å²) in [5.74, 6) is -2.90. The fourth-order valence-corrected chi connectivity index (χ4v) is 2.69. The quantitative estimate of drug-likeness (QED) is 0.150. The number of carbonyl (C=O) groups excluding carboxylic acids is 2. The summed E-state index contributed by atoms with van der Waals surface area (Å²) in [5.41, 5.74) is 0.756. The van der Waals surface area contributed by atoms with Crippen molar-refractivity contribution in [3.63, 3.8) is 0 Å². The van der Waals surface area contributed by atoms with Gasteiger partial charge >= 0.3 is 5.97 Å². The van der Waals surface area contributed by atoms with E-state index in [1.54, 1.807) is 42.5 Å². The van der Waals surface area contributed by atoms with Gasteiger partial charge in [0.15, 0.2) is 5.57 Å². The Hall–Kier alpha value is -4.21. The minimum Gasteiger partial charge on any atom is -0.497 e. The van der Waals surface area contributed by atoms with Gasteiger partial charge in [-0.2, -0.15) is 0 Å². The zero-order valence-electron chi connectivity index (χ0n) is 17.7. The Balaban J connectivity index is 2.19. The average Bonchev–Trinajstić information content (AvgIpc) is 2.80. The Morgan fingerprint density at radius 3 is 2.16 bits per heavy atom. The predicted molar refractivity (Wildman–Crippen MR) is 115 cm³/mol. The molecule has 170 valence electrons. The van der Waals surface area contributed by atoms with Crippen molar-refractivity contribution < 1.29 is 34.1 Å². The number of carboxylic acids is 1. The standard InChI is InChI=1S/C22H25N3O7/c1-31-16-9-8-15(17(10-16)32-2)12-24-21(29)19(22(30)25-13-18(26)27)20(28)23-11-14-6-4-3-5-7-14/h3-10,23,28H,11-13H2,1-2H3,(H,24,29)(H,25,30)(H,26,27). The first-order valence-corrected chi connectivity index (χ1v) is 9.55. The van der Waals surface area contributed by atoms with Crippen molar-refractivity contribution in [1.82, 2.24) is 16.0 Å². The maximum atomic E-state index is 12.7. The number of methoxy groups -OCH3 is 2. The van der Waals surface area contributed by atoms with E-state index in [0.717, 1.165) is 5.56 Å². The van der Waals surface area contributed by atoms with E-state index in [9.17, 15) is 19.5 Å². The molecule has 0 heterocycles. The number of aliphatic carboxylic acids is 1. The van der Waals surface area contributed by atoms with E-state index >= 15 is 0 Å². The Labute approximate surface area is 184 Å². The van der Waals surface area contributed by atoms with Crippen LogP contribution in [0.3, 0.4) is 0 Å². The van der Waals surface area contributed by atoms with Gasteiger partial charge in [0, 0.05) is 24.7 Å². The number of benzene rings is 2. The molecule has 2 aromatic carbocycles. The molecule has 10 nitrogen and oxygen atoms in total. The number of aliphatic hydroxyl groups excluding tert-OH is 1. The van der Waals surface area contributed by atoms with Gasteiger partial charge in [-0.15, -0.1) is 0 Å². The highest BCUT2D eigenvalue weighted by atomic mass is 16.5. The van der Waals surface area contributed by atoms with Crippen LogP contribution in [0.4, 0.5) is 0 Å². The Kier molecular flexibility index (Phi) is 8.91. The summed E-state index contributed by atoms with van der Waals surface area (Å²) in [4.78, 5) is 35.9. The maximum absolute atomic E-state index is 12.7. The van der Waals surface area contributed by atoms with Gasteiger partial charge in [-0.05, 0) is 17.7 Å². The minimum absolute atomic E-state index is 0.0202. The first-order chi connectivity index (χ1) is 15.3. The van der Waals surface area contributed by atoms with Gasteiger partial charge in [0.05, 0.1) is 14.2 Å². The summed E-state index contributed by atoms with van der Waals surface area (Å²) >= 11 is 0. The van der Waals surface area contributed by atoms with E-state index < -0.39 is 35.8 Å². The summed E-state index contributed by atoms with van der Waals surface area (Å²) in [5, 5.41) is 26.4. The second-order valence-electron chi connectivity index (χ2n) is 6.50. The van der Waals surface area contributed by atoms with E-state index in [0.29, 0.717) is 17.1 Å². The van der Waals surface area contributed by atoms with Crippen LogP contribution in [0.1, 0.15) is 11.1 Å². The van der Waals surface area contributed by atoms with Gasteiger partial charge in [0.1, 0.15) is 18.0 Å². The molecular weight excluding hydrogens is 418 g/mol. The zero-order chi connectivity index (χ0) is 23.5. The number of ether oxygens (including phenoxy) is 2. The Morgan fingerprint density at radius 1 is 0.844 bits per heavy atom. The Bertz CT molecular complexity index is 990. The lowest BCUT2D eigenvalue weighted by Gasteiger charge is -2.14. The second kappa shape index (κ2) is 11.8. The molecule has 0 bridgehead atoms. The van der Waals surface area contributed by atoms with Crippen LogP contribution in [0.25, 0.3) is 0 Å². The van der Waals surface area contributed by atoms with E-state index in [2.05, 4.69) is 16.0 Å². The van der Waals surface area contributed by atoms with Gasteiger partial charge in [0.25, 0.3) is 11.8 Å². The fourth-order valence-electron chi connectivity index (χ4n) is 2.69. The molecule has 32 heavy (non-hydrogen) atoms. The number of hydrogen-bond acceptors (Lipinski definition) is 7. The van der Waals surface area contributed by atoms with Crippen molar-refractivity contribution in [3.8, 4) is 11.5 Å². The lowest BCUT2D eigenvalue weighted by atomic mass is 10.1. The lowest BCUT2D eigenvalue weighted by molar-refractivity contribution is -0.138. The van der Waals surface area contributed by atoms with Crippen LogP contribution in [0.2, 0.25) is 0 Å². The highest BCUT2D eigenvalue weighted by molar-refractivity contribution is 6.19. The SMILES string of the molecule is COc1ccc(CNC(=O)C(C(=O)NCC(=O)O)=C(O)NCc2ccccc2)c(OC)c1. The molecule has 5 N–H and O–H groups in total. The molecule has 2 aromatic rings. The molecule has 2 rings (SSSR count). The largest absolute Gasteiger partial charge is 0.497 e. The van der Waals surface area contributed by atoms with Crippen molar-refractivity contribution in [3.05, 3.63) is 71.1 Å². The van der Waals surface area contributed by atoms with Crippen LogP contribution in [0.5, 0.6) is 11.5 Å². The summed E-state index contributed by atoms with van der Waals surface area (Å²) in [7, 11) is 2.97. The number of amides is 2. The third-order valence-corrected chi connectivity index (χ3v) is 4.33. The number of nitrogens with one attached hydrogen (secondary N) is 3. The molecule has 0 atom stereocenters. The van der Waals surface area contributed by atoms with Crippen LogP contribution in [0, 0.1) is 0 Å². The van der Waals surface area contributed by atoms with E-state index in [4.69, 9.17) is 14.6 Å². The van der Waals surface area contributed by atoms with Gasteiger partial charge in [-0.1, -0.05) is 30.3 Å². The summed E-state index contributed by atoms with van der Waals surface area (Å²) in [6, 6.07) is 14.0. The van der Waals surface area contributed by atoms with Crippen LogP contribution in [-0.4, -0.2) is 48.8 Å². The molecule has 0 radical (unpaired) electrons. The third kappa shape index (κ3) is 6.94. The first-order valence-electron chi connectivity index (χ1n) is 9.55. The molecule has 0 aliphatic carbocycles. The van der Waals surface area contributed by atoms with Crippen LogP contribution in [0.15, 0.2) is 60.0 Å². The molecule has 10 heteroatoms. The van der Waals surface area contributed by atoms with Gasteiger partial charge in [0.2, 0.25) is 5.88 Å². The normalized spacial score (nSPS) is 11.1. The van der Waals surface area contributed by atoms with E-state index in [-0.39, 0.29) is 13.1 Å². The molecule has 0 saturated heterocycles. The maximum Gasteiger partial charge on any atom is 0.322 e. The molecule has 0 saturated carbocycles. The fraction of sp³-hybridized carbons (Fsp3) is 0.227. The summed E-state index contributed by atoms with van der Waals surface area (Å²) < 4.78 is 10.4. The van der Waals surface area contributed by atoms with Crippen molar-refractivity contribution in [2.24, 2.45) is 0 Å². The minimum atomic E-state index is -1.29. The van der Waals surface area contributed by atoms with Gasteiger partial charge in [-0.3, -0.25) is 14.4 Å². The van der Waals surface area contributed by atoms with E-state index in [1.807, 2.05) is 6.07 Å². The number of rotatable bonds is 11. The molecule has 2 amide bonds. The highest BCUT2D eigenvalue weighted by Crippen LogP contribution is 2.24. The highest BCUT2D eigenvalue weighted by Gasteiger charge is 2.24. The van der Waals surface area contributed by atoms with Gasteiger partial charge < -0.3 is 35.6 Å². The molecule has 0 spiro atoms. The summed E-state index contributed by atoms with van der Waals surface area (Å²) in [6.45, 7) is -0.594. The van der Waals surface area contributed by atoms with Crippen molar-refractivity contribution >= 4 is 17.8 Å². The molecule has 0 aliphatic heterocycles. The molecule has 0 aliphatic rings. The molecular formula is C22H25N3O7. The number of aliphatic hydroxyl groups is 1. The predicted octanol–water partition coefficient (Wildman–Crippen LogP) is 1.08. The zero-order valence-corrected chi connectivity index (χ0v) is 17.7. The monoisotopic (exact) mass is 443 g/mol. The molecule has 0 fully saturated rings. The smallest absolute Gasteiger partial charge is 0.322 e. The number of carboxylic acid groups (broad SMARTS) is 1. The lowest BCUT2D eigenvalue weighted by Crippen LogP contribution is -2.39. The van der Waals surface area contributed by atoms with E-state index in [1.165, 1.54) is 14.2 Å². The van der Waals surface area contributed by atoms with Crippen LogP contribution in [-0.2, 0) is 27.5 Å². The average molecular weight is 443 g/mol. The van der Waals surface area contributed by atoms with Crippen molar-refractivity contribution in [1.29, 1.82) is 0 Å².